The topological polar surface area (TPSA) is 57.7 Å². The van der Waals surface area contributed by atoms with Crippen molar-refractivity contribution in [1.82, 2.24) is 0 Å². The second-order valence-corrected chi connectivity index (χ2v) is 8.44. The molecule has 0 aliphatic carbocycles. The number of hydrogen-bond donors (Lipinski definition) is 0. The predicted molar refractivity (Wildman–Crippen MR) is 97.3 cm³/mol. The Labute approximate surface area is 147 Å². The highest BCUT2D eigenvalue weighted by molar-refractivity contribution is 7.92. The summed E-state index contributed by atoms with van der Waals surface area (Å²) in [5.74, 6) is 0.0951. The van der Waals surface area contributed by atoms with Gasteiger partial charge in [0, 0.05) is 24.7 Å². The quantitative estimate of drug-likeness (QED) is 0.850. The molecule has 1 amide bonds. The van der Waals surface area contributed by atoms with Gasteiger partial charge < -0.3 is 4.90 Å². The predicted octanol–water partition coefficient (Wildman–Crippen LogP) is 2.95. The lowest BCUT2D eigenvalue weighted by Gasteiger charge is -2.25. The largest absolute Gasteiger partial charge is 0.312 e. The minimum absolute atomic E-state index is 0.0951. The number of nitrogens with zero attached hydrogens (tertiary/aromatic N) is 2. The van der Waals surface area contributed by atoms with Crippen LogP contribution in [-0.2, 0) is 21.2 Å². The molecule has 1 atom stereocenters. The minimum Gasteiger partial charge on any atom is -0.312 e. The van der Waals surface area contributed by atoms with Gasteiger partial charge in [0.05, 0.1) is 10.6 Å². The van der Waals surface area contributed by atoms with E-state index in [1.165, 1.54) is 4.31 Å². The fraction of sp³-hybridized carbons (Fsp3) is 0.316. The number of sulfonamides is 1. The number of carbonyl (C=O) groups excluding carboxylic acids is 1. The first kappa shape index (κ1) is 16.1. The molecule has 2 aromatic carbocycles. The summed E-state index contributed by atoms with van der Waals surface area (Å²) in [6.07, 6.45) is 2.12. The standard InChI is InChI=1S/C19H20N2O3S/c1-14-13-15-5-2-3-6-18(15)21(14)25(23,24)17-10-8-16(9-11-17)20-12-4-7-19(20)22/h2-3,5-6,8-11,14H,4,7,12-13H2,1H3/t14-/m1/s1. The van der Waals surface area contributed by atoms with Crippen molar-refractivity contribution >= 4 is 27.3 Å². The summed E-state index contributed by atoms with van der Waals surface area (Å²) < 4.78 is 27.8. The summed E-state index contributed by atoms with van der Waals surface area (Å²) >= 11 is 0. The number of fused-ring (bicyclic) bond motifs is 1. The van der Waals surface area contributed by atoms with Crippen LogP contribution in [0.4, 0.5) is 11.4 Å². The Bertz CT molecular complexity index is 922. The molecule has 130 valence electrons. The van der Waals surface area contributed by atoms with E-state index in [2.05, 4.69) is 0 Å². The maximum atomic E-state index is 13.1. The van der Waals surface area contributed by atoms with Gasteiger partial charge in [-0.25, -0.2) is 8.42 Å². The van der Waals surface area contributed by atoms with Gasteiger partial charge in [-0.05, 0) is 55.7 Å². The third-order valence-corrected chi connectivity index (χ3v) is 6.87. The lowest BCUT2D eigenvalue weighted by Crippen LogP contribution is -2.35. The molecule has 2 heterocycles. The molecule has 1 saturated heterocycles. The van der Waals surface area contributed by atoms with E-state index in [4.69, 9.17) is 0 Å². The Morgan fingerprint density at radius 3 is 2.44 bits per heavy atom. The Morgan fingerprint density at radius 1 is 1.04 bits per heavy atom. The molecule has 0 aromatic heterocycles. The Hall–Kier alpha value is -2.34. The summed E-state index contributed by atoms with van der Waals surface area (Å²) in [5.41, 5.74) is 2.57. The number of para-hydroxylation sites is 1. The highest BCUT2D eigenvalue weighted by Crippen LogP contribution is 2.36. The molecule has 2 aromatic rings. The third kappa shape index (κ3) is 2.61. The highest BCUT2D eigenvalue weighted by atomic mass is 32.2. The lowest BCUT2D eigenvalue weighted by atomic mass is 10.1. The van der Waals surface area contributed by atoms with Gasteiger partial charge in [-0.15, -0.1) is 0 Å². The van der Waals surface area contributed by atoms with E-state index in [-0.39, 0.29) is 16.8 Å². The van der Waals surface area contributed by atoms with Crippen LogP contribution in [-0.4, -0.2) is 26.9 Å². The van der Waals surface area contributed by atoms with Gasteiger partial charge in [-0.1, -0.05) is 18.2 Å². The van der Waals surface area contributed by atoms with Gasteiger partial charge in [-0.3, -0.25) is 9.10 Å². The first-order valence-electron chi connectivity index (χ1n) is 8.51. The van der Waals surface area contributed by atoms with Crippen LogP contribution < -0.4 is 9.21 Å². The van der Waals surface area contributed by atoms with E-state index in [1.54, 1.807) is 29.2 Å². The number of amides is 1. The second-order valence-electron chi connectivity index (χ2n) is 6.63. The van der Waals surface area contributed by atoms with Crippen LogP contribution in [0.3, 0.4) is 0 Å². The summed E-state index contributed by atoms with van der Waals surface area (Å²) in [7, 11) is -3.63. The third-order valence-electron chi connectivity index (χ3n) is 4.92. The first-order valence-corrected chi connectivity index (χ1v) is 9.95. The highest BCUT2D eigenvalue weighted by Gasteiger charge is 2.35. The van der Waals surface area contributed by atoms with Crippen molar-refractivity contribution in [2.45, 2.75) is 37.1 Å². The monoisotopic (exact) mass is 356 g/mol. The van der Waals surface area contributed by atoms with E-state index in [0.29, 0.717) is 13.0 Å². The molecule has 0 radical (unpaired) electrons. The van der Waals surface area contributed by atoms with Crippen LogP contribution in [0.25, 0.3) is 0 Å². The molecule has 4 rings (SSSR count). The van der Waals surface area contributed by atoms with Crippen LogP contribution in [0.1, 0.15) is 25.3 Å². The number of benzene rings is 2. The van der Waals surface area contributed by atoms with Crippen molar-refractivity contribution in [3.63, 3.8) is 0 Å². The molecule has 0 unspecified atom stereocenters. The number of carbonyl (C=O) groups is 1. The maximum Gasteiger partial charge on any atom is 0.264 e. The average Bonchev–Trinajstić information content (AvgIpc) is 3.17. The van der Waals surface area contributed by atoms with E-state index >= 15 is 0 Å². The van der Waals surface area contributed by atoms with Crippen LogP contribution in [0.2, 0.25) is 0 Å². The van der Waals surface area contributed by atoms with Crippen molar-refractivity contribution < 1.29 is 13.2 Å². The van der Waals surface area contributed by atoms with E-state index < -0.39 is 10.0 Å². The van der Waals surface area contributed by atoms with Crippen LogP contribution >= 0.6 is 0 Å². The fourth-order valence-corrected chi connectivity index (χ4v) is 5.43. The zero-order valence-corrected chi connectivity index (χ0v) is 14.9. The van der Waals surface area contributed by atoms with Crippen LogP contribution in [0, 0.1) is 0 Å². The zero-order chi connectivity index (χ0) is 17.6. The van der Waals surface area contributed by atoms with E-state index in [1.807, 2.05) is 31.2 Å². The summed E-state index contributed by atoms with van der Waals surface area (Å²) in [6.45, 7) is 2.62. The minimum atomic E-state index is -3.63. The molecular formula is C19H20N2O3S. The van der Waals surface area contributed by atoms with Crippen LogP contribution in [0.15, 0.2) is 53.4 Å². The molecule has 1 fully saturated rings. The first-order chi connectivity index (χ1) is 12.0. The van der Waals surface area contributed by atoms with Gasteiger partial charge in [0.15, 0.2) is 0 Å². The van der Waals surface area contributed by atoms with Crippen molar-refractivity contribution in [3.8, 4) is 0 Å². The smallest absolute Gasteiger partial charge is 0.264 e. The van der Waals surface area contributed by atoms with Gasteiger partial charge in [-0.2, -0.15) is 0 Å². The van der Waals surface area contributed by atoms with E-state index in [9.17, 15) is 13.2 Å². The summed E-state index contributed by atoms with van der Waals surface area (Å²) in [4.78, 5) is 13.8. The maximum absolute atomic E-state index is 13.1. The van der Waals surface area contributed by atoms with Crippen LogP contribution in [0.5, 0.6) is 0 Å². The molecule has 25 heavy (non-hydrogen) atoms. The zero-order valence-electron chi connectivity index (χ0n) is 14.1. The Balaban J connectivity index is 1.68. The van der Waals surface area contributed by atoms with Gasteiger partial charge >= 0.3 is 0 Å². The van der Waals surface area contributed by atoms with Crippen molar-refractivity contribution in [1.29, 1.82) is 0 Å². The Kier molecular flexibility index (Phi) is 3.80. The molecule has 2 aliphatic heterocycles. The average molecular weight is 356 g/mol. The molecule has 6 heteroatoms. The summed E-state index contributed by atoms with van der Waals surface area (Å²) in [6, 6.07) is 14.2. The van der Waals surface area contributed by atoms with Crippen molar-refractivity contribution in [2.24, 2.45) is 0 Å². The van der Waals surface area contributed by atoms with Gasteiger partial charge in [0.25, 0.3) is 10.0 Å². The molecule has 0 N–H and O–H groups in total. The molecule has 5 nitrogen and oxygen atoms in total. The molecule has 0 bridgehead atoms. The van der Waals surface area contributed by atoms with Crippen molar-refractivity contribution in [2.75, 3.05) is 15.7 Å². The Morgan fingerprint density at radius 2 is 1.76 bits per heavy atom. The molecule has 0 saturated carbocycles. The number of hydrogen-bond acceptors (Lipinski definition) is 3. The second kappa shape index (κ2) is 5.88. The molecule has 0 spiro atoms. The normalized spacial score (nSPS) is 20.2. The molecular weight excluding hydrogens is 336 g/mol. The van der Waals surface area contributed by atoms with Gasteiger partial charge in [0.2, 0.25) is 5.91 Å². The number of rotatable bonds is 3. The fourth-order valence-electron chi connectivity index (χ4n) is 3.74. The summed E-state index contributed by atoms with van der Waals surface area (Å²) in [5, 5.41) is 0. The van der Waals surface area contributed by atoms with Crippen molar-refractivity contribution in [3.05, 3.63) is 54.1 Å². The van der Waals surface area contributed by atoms with E-state index in [0.717, 1.165) is 29.8 Å². The molecule has 2 aliphatic rings. The van der Waals surface area contributed by atoms with Gasteiger partial charge in [0.1, 0.15) is 0 Å². The SMILES string of the molecule is C[C@@H]1Cc2ccccc2N1S(=O)(=O)c1ccc(N2CCCC2=O)cc1. The number of anilines is 2. The lowest BCUT2D eigenvalue weighted by molar-refractivity contribution is -0.117.